The smallest absolute Gasteiger partial charge is 0.407 e. The zero-order valence-electron chi connectivity index (χ0n) is 21.2. The first kappa shape index (κ1) is 27.7. The van der Waals surface area contributed by atoms with Crippen LogP contribution in [0, 0.1) is 5.82 Å². The molecule has 10 nitrogen and oxygen atoms in total. The second-order valence-corrected chi connectivity index (χ2v) is 11.3. The number of alkyl carbamates (subject to hydrolysis) is 1. The number of rotatable bonds is 6. The molecule has 3 aromatic rings. The molecule has 216 valence electrons. The third-order valence-corrected chi connectivity index (χ3v) is 8.37. The minimum Gasteiger partial charge on any atom is -0.446 e. The normalized spacial score (nSPS) is 26.0. The number of nitrogens with zero attached hydrogens (tertiary/aromatic N) is 5. The number of hydrogen-bond donors (Lipinski definition) is 3. The molecule has 2 aromatic heterocycles. The second kappa shape index (κ2) is 11.1. The van der Waals surface area contributed by atoms with E-state index in [1.165, 1.54) is 29.5 Å². The Labute approximate surface area is 240 Å². The SMILES string of the molecule is O=C(NC1CC2=C(c3ccn(C(F)F)n3)[C@H](c3ccc(F)cc3Cl)N=C(c3nccs3)N2C1)OC1CC(O)C(O)C1. The van der Waals surface area contributed by atoms with Crippen LogP contribution in [0.5, 0.6) is 0 Å². The van der Waals surface area contributed by atoms with Gasteiger partial charge in [-0.1, -0.05) is 17.7 Å². The molecule has 3 aliphatic rings. The van der Waals surface area contributed by atoms with Crippen molar-refractivity contribution in [3.63, 3.8) is 0 Å². The molecule has 6 rings (SSSR count). The first-order valence-corrected chi connectivity index (χ1v) is 14.0. The molecular weight excluding hydrogens is 585 g/mol. The molecule has 3 N–H and O–H groups in total. The van der Waals surface area contributed by atoms with Crippen molar-refractivity contribution in [3.05, 3.63) is 74.8 Å². The zero-order chi connectivity index (χ0) is 28.8. The van der Waals surface area contributed by atoms with Crippen LogP contribution in [0.3, 0.4) is 0 Å². The fraction of sp³-hybridized carbons (Fsp3) is 0.385. The van der Waals surface area contributed by atoms with E-state index in [0.29, 0.717) is 32.4 Å². The summed E-state index contributed by atoms with van der Waals surface area (Å²) in [7, 11) is 0. The third-order valence-electron chi connectivity index (χ3n) is 7.27. The number of carbonyl (C=O) groups excluding carboxylic acids is 1. The zero-order valence-corrected chi connectivity index (χ0v) is 22.8. The number of halogens is 4. The van der Waals surface area contributed by atoms with Crippen molar-refractivity contribution < 1.29 is 32.9 Å². The Balaban J connectivity index is 1.39. The van der Waals surface area contributed by atoms with E-state index >= 15 is 0 Å². The van der Waals surface area contributed by atoms with Crippen molar-refractivity contribution in [2.45, 2.75) is 56.2 Å². The van der Waals surface area contributed by atoms with Crippen LogP contribution in [0.2, 0.25) is 5.02 Å². The first-order valence-electron chi connectivity index (χ1n) is 12.8. The first-order chi connectivity index (χ1) is 19.7. The predicted molar refractivity (Wildman–Crippen MR) is 143 cm³/mol. The lowest BCUT2D eigenvalue weighted by Gasteiger charge is -2.32. The Hall–Kier alpha value is -3.46. The summed E-state index contributed by atoms with van der Waals surface area (Å²) in [5.41, 5.74) is 1.82. The van der Waals surface area contributed by atoms with Crippen molar-refractivity contribution in [3.8, 4) is 0 Å². The molecule has 4 atom stereocenters. The minimum absolute atomic E-state index is 0.106. The average Bonchev–Trinajstić information content (AvgIpc) is 3.71. The third kappa shape index (κ3) is 5.44. The van der Waals surface area contributed by atoms with Gasteiger partial charge in [0.05, 0.1) is 23.9 Å². The van der Waals surface area contributed by atoms with Crippen molar-refractivity contribution >= 4 is 40.4 Å². The summed E-state index contributed by atoms with van der Waals surface area (Å²) in [6.45, 7) is -2.60. The molecule has 4 heterocycles. The summed E-state index contributed by atoms with van der Waals surface area (Å²) < 4.78 is 46.9. The fourth-order valence-electron chi connectivity index (χ4n) is 5.45. The Morgan fingerprint density at radius 1 is 1.22 bits per heavy atom. The van der Waals surface area contributed by atoms with Crippen molar-refractivity contribution in [1.29, 1.82) is 0 Å². The maximum absolute atomic E-state index is 14.0. The largest absolute Gasteiger partial charge is 0.446 e. The summed E-state index contributed by atoms with van der Waals surface area (Å²) in [6, 6.07) is 4.05. The highest BCUT2D eigenvalue weighted by molar-refractivity contribution is 7.11. The highest BCUT2D eigenvalue weighted by atomic mass is 35.5. The molecule has 1 amide bonds. The Bertz CT molecular complexity index is 1510. The van der Waals surface area contributed by atoms with Gasteiger partial charge in [0.1, 0.15) is 18.0 Å². The average molecular weight is 609 g/mol. The number of amides is 1. The van der Waals surface area contributed by atoms with Gasteiger partial charge in [-0.3, -0.25) is 4.99 Å². The summed E-state index contributed by atoms with van der Waals surface area (Å²) in [5.74, 6) is -0.0559. The Morgan fingerprint density at radius 3 is 2.66 bits per heavy atom. The van der Waals surface area contributed by atoms with Crippen molar-refractivity contribution in [2.24, 2.45) is 4.99 Å². The van der Waals surface area contributed by atoms with E-state index in [4.69, 9.17) is 21.3 Å². The number of aliphatic imine (C=N–C) groups is 1. The molecule has 2 fully saturated rings. The summed E-state index contributed by atoms with van der Waals surface area (Å²) >= 11 is 7.82. The van der Waals surface area contributed by atoms with Gasteiger partial charge >= 0.3 is 12.6 Å². The molecule has 1 aliphatic carbocycles. The molecule has 0 radical (unpaired) electrons. The number of ether oxygens (including phenoxy) is 1. The van der Waals surface area contributed by atoms with E-state index in [1.807, 2.05) is 4.90 Å². The number of aliphatic hydroxyl groups excluding tert-OH is 2. The Kier molecular flexibility index (Phi) is 7.49. The lowest BCUT2D eigenvalue weighted by atomic mass is 9.92. The van der Waals surface area contributed by atoms with Crippen LogP contribution in [0.4, 0.5) is 18.0 Å². The van der Waals surface area contributed by atoms with Gasteiger partial charge in [0, 0.05) is 65.4 Å². The summed E-state index contributed by atoms with van der Waals surface area (Å²) in [6.07, 6.45) is 0.0607. The number of fused-ring (bicyclic) bond motifs is 1. The molecule has 1 saturated heterocycles. The topological polar surface area (TPSA) is 125 Å². The molecule has 3 unspecified atom stereocenters. The van der Waals surface area contributed by atoms with E-state index in [1.54, 1.807) is 11.6 Å². The lowest BCUT2D eigenvalue weighted by molar-refractivity contribution is 0.0438. The monoisotopic (exact) mass is 608 g/mol. The number of aromatic nitrogens is 3. The molecule has 0 bridgehead atoms. The molecule has 15 heteroatoms. The van der Waals surface area contributed by atoms with Crippen LogP contribution in [-0.4, -0.2) is 72.7 Å². The van der Waals surface area contributed by atoms with Crippen LogP contribution in [0.1, 0.15) is 48.1 Å². The van der Waals surface area contributed by atoms with Gasteiger partial charge < -0.3 is 25.2 Å². The van der Waals surface area contributed by atoms with E-state index in [2.05, 4.69) is 15.4 Å². The number of carbonyl (C=O) groups is 1. The second-order valence-electron chi connectivity index (χ2n) is 9.97. The predicted octanol–water partition coefficient (Wildman–Crippen LogP) is 4.12. The number of benzene rings is 1. The molecule has 0 spiro atoms. The van der Waals surface area contributed by atoms with Gasteiger partial charge in [-0.15, -0.1) is 11.3 Å². The highest BCUT2D eigenvalue weighted by Gasteiger charge is 2.42. The number of amidine groups is 1. The van der Waals surface area contributed by atoms with Crippen LogP contribution in [0.25, 0.3) is 5.57 Å². The van der Waals surface area contributed by atoms with Crippen LogP contribution in [0.15, 0.2) is 52.7 Å². The highest BCUT2D eigenvalue weighted by Crippen LogP contribution is 2.46. The van der Waals surface area contributed by atoms with E-state index in [0.717, 1.165) is 12.3 Å². The van der Waals surface area contributed by atoms with E-state index in [9.17, 15) is 28.2 Å². The van der Waals surface area contributed by atoms with Gasteiger partial charge in [-0.2, -0.15) is 13.9 Å². The molecule has 41 heavy (non-hydrogen) atoms. The quantitative estimate of drug-likeness (QED) is 0.384. The number of alkyl halides is 2. The van der Waals surface area contributed by atoms with E-state index < -0.39 is 48.9 Å². The number of nitrogens with one attached hydrogen (secondary N) is 1. The maximum atomic E-state index is 14.0. The summed E-state index contributed by atoms with van der Waals surface area (Å²) in [4.78, 5) is 24.0. The molecule has 1 aromatic carbocycles. The van der Waals surface area contributed by atoms with Crippen LogP contribution < -0.4 is 5.32 Å². The van der Waals surface area contributed by atoms with Crippen molar-refractivity contribution in [2.75, 3.05) is 6.54 Å². The van der Waals surface area contributed by atoms with Gasteiger partial charge in [-0.25, -0.2) is 18.9 Å². The molecule has 2 aliphatic heterocycles. The molecule has 1 saturated carbocycles. The standard InChI is InChI=1S/C26H24ClF3N6O4S/c27-16-7-12(28)1-2-15(16)22-21(17-3-5-36(34-17)25(29)30)18-8-13(11-35(18)23(33-22)24-31-4-6-41-24)32-26(39)40-14-9-19(37)20(38)10-14/h1-7,13-14,19-20,22,25,37-38H,8-11H2,(H,32,39)/t13?,14?,19?,20?,22-/m0/s1. The lowest BCUT2D eigenvalue weighted by Crippen LogP contribution is -2.40. The maximum Gasteiger partial charge on any atom is 0.407 e. The molecular formula is C26H24ClF3N6O4S. The van der Waals surface area contributed by atoms with E-state index in [-0.39, 0.29) is 36.5 Å². The van der Waals surface area contributed by atoms with Gasteiger partial charge in [0.2, 0.25) is 0 Å². The number of aliphatic hydroxyl groups is 2. The Morgan fingerprint density at radius 2 is 2.00 bits per heavy atom. The fourth-order valence-corrected chi connectivity index (χ4v) is 6.36. The number of thiazole rings is 1. The number of hydrogen-bond acceptors (Lipinski definition) is 9. The minimum atomic E-state index is -2.86. The van der Waals surface area contributed by atoms with Gasteiger partial charge in [-0.05, 0) is 18.2 Å². The van der Waals surface area contributed by atoms with Crippen molar-refractivity contribution in [1.82, 2.24) is 25.0 Å². The van der Waals surface area contributed by atoms with Crippen LogP contribution in [-0.2, 0) is 4.74 Å². The van der Waals surface area contributed by atoms with Gasteiger partial charge in [0.25, 0.3) is 0 Å². The van der Waals surface area contributed by atoms with Crippen LogP contribution >= 0.6 is 22.9 Å². The summed E-state index contributed by atoms with van der Waals surface area (Å²) in [5, 5.41) is 29.0. The van der Waals surface area contributed by atoms with Gasteiger partial charge in [0.15, 0.2) is 10.8 Å².